The monoisotopic (exact) mass is 251 g/mol. The van der Waals surface area contributed by atoms with E-state index in [1.807, 2.05) is 6.92 Å². The van der Waals surface area contributed by atoms with Gasteiger partial charge in [-0.1, -0.05) is 6.92 Å². The molecular weight excluding hydrogens is 230 g/mol. The molecule has 0 aliphatic carbocycles. The molecule has 0 spiro atoms. The minimum atomic E-state index is 0.214. The van der Waals surface area contributed by atoms with Crippen LogP contribution in [0.5, 0.6) is 5.88 Å². The van der Waals surface area contributed by atoms with Crippen LogP contribution in [0, 0.1) is 6.92 Å². The lowest BCUT2D eigenvalue weighted by molar-refractivity contribution is 0.0660. The molecule has 18 heavy (non-hydrogen) atoms. The van der Waals surface area contributed by atoms with Gasteiger partial charge >= 0.3 is 0 Å². The largest absolute Gasteiger partial charge is 0.475 e. The molecule has 1 unspecified atom stereocenters. The Labute approximate surface area is 108 Å². The van der Waals surface area contributed by atoms with Crippen molar-refractivity contribution in [2.24, 2.45) is 0 Å². The second-order valence-corrected chi connectivity index (χ2v) is 4.53. The van der Waals surface area contributed by atoms with Crippen molar-refractivity contribution in [2.75, 3.05) is 25.1 Å². The highest BCUT2D eigenvalue weighted by Crippen LogP contribution is 2.21. The van der Waals surface area contributed by atoms with Crippen molar-refractivity contribution < 1.29 is 9.47 Å². The van der Waals surface area contributed by atoms with E-state index in [9.17, 15) is 0 Å². The van der Waals surface area contributed by atoms with Crippen LogP contribution in [0.25, 0.3) is 0 Å². The molecular formula is C13H21N3O2. The number of hydrogen-bond acceptors (Lipinski definition) is 5. The number of ether oxygens (including phenoxy) is 2. The van der Waals surface area contributed by atoms with E-state index in [1.54, 1.807) is 0 Å². The first-order valence-electron chi connectivity index (χ1n) is 6.61. The number of hydrogen-bond donors (Lipinski definition) is 1. The standard InChI is InChI=1S/C13H21N3O2/c1-3-6-14-12-10(2)13(16-9-15-12)18-8-11-5-4-7-17-11/h9,11H,3-8H2,1-2H3,(H,14,15,16). The van der Waals surface area contributed by atoms with Gasteiger partial charge < -0.3 is 14.8 Å². The molecule has 1 N–H and O–H groups in total. The fourth-order valence-electron chi connectivity index (χ4n) is 1.95. The third-order valence-electron chi connectivity index (χ3n) is 3.01. The molecule has 0 bridgehead atoms. The highest BCUT2D eigenvalue weighted by molar-refractivity contribution is 5.47. The number of nitrogens with zero attached hydrogens (tertiary/aromatic N) is 2. The molecule has 2 rings (SSSR count). The second kappa shape index (κ2) is 6.54. The number of aromatic nitrogens is 2. The van der Waals surface area contributed by atoms with Crippen LogP contribution in [-0.2, 0) is 4.74 Å². The number of rotatable bonds is 6. The summed E-state index contributed by atoms with van der Waals surface area (Å²) in [6, 6.07) is 0. The Kier molecular flexibility index (Phi) is 4.75. The summed E-state index contributed by atoms with van der Waals surface area (Å²) in [6.45, 7) is 6.43. The Morgan fingerprint density at radius 2 is 2.39 bits per heavy atom. The van der Waals surface area contributed by atoms with Crippen molar-refractivity contribution >= 4 is 5.82 Å². The SMILES string of the molecule is CCCNc1ncnc(OCC2CCCO2)c1C. The normalized spacial score (nSPS) is 18.9. The van der Waals surface area contributed by atoms with Gasteiger partial charge in [-0.15, -0.1) is 0 Å². The van der Waals surface area contributed by atoms with E-state index in [1.165, 1.54) is 6.33 Å². The van der Waals surface area contributed by atoms with Gasteiger partial charge in [0, 0.05) is 13.2 Å². The maximum atomic E-state index is 5.73. The van der Waals surface area contributed by atoms with Crippen LogP contribution < -0.4 is 10.1 Å². The summed E-state index contributed by atoms with van der Waals surface area (Å²) in [5.74, 6) is 1.51. The summed E-state index contributed by atoms with van der Waals surface area (Å²) in [6.07, 6.45) is 5.02. The average Bonchev–Trinajstić information content (AvgIpc) is 2.89. The second-order valence-electron chi connectivity index (χ2n) is 4.53. The zero-order chi connectivity index (χ0) is 12.8. The topological polar surface area (TPSA) is 56.3 Å². The van der Waals surface area contributed by atoms with E-state index in [0.29, 0.717) is 12.5 Å². The van der Waals surface area contributed by atoms with Crippen LogP contribution in [-0.4, -0.2) is 35.8 Å². The lowest BCUT2D eigenvalue weighted by atomic mass is 10.2. The van der Waals surface area contributed by atoms with Gasteiger partial charge in [0.1, 0.15) is 18.8 Å². The summed E-state index contributed by atoms with van der Waals surface area (Å²) in [5, 5.41) is 3.27. The molecule has 1 fully saturated rings. The van der Waals surface area contributed by atoms with Crippen molar-refractivity contribution in [1.82, 2.24) is 9.97 Å². The molecule has 1 saturated heterocycles. The quantitative estimate of drug-likeness (QED) is 0.839. The molecule has 0 saturated carbocycles. The Hall–Kier alpha value is -1.36. The molecule has 0 amide bonds. The van der Waals surface area contributed by atoms with Crippen LogP contribution in [0.15, 0.2) is 6.33 Å². The minimum absolute atomic E-state index is 0.214. The maximum Gasteiger partial charge on any atom is 0.221 e. The fourth-order valence-corrected chi connectivity index (χ4v) is 1.95. The van der Waals surface area contributed by atoms with Crippen LogP contribution in [0.2, 0.25) is 0 Å². The van der Waals surface area contributed by atoms with E-state index in [2.05, 4.69) is 22.2 Å². The maximum absolute atomic E-state index is 5.73. The molecule has 1 aliphatic heterocycles. The van der Waals surface area contributed by atoms with Gasteiger partial charge in [0.05, 0.1) is 11.7 Å². The van der Waals surface area contributed by atoms with Crippen LogP contribution >= 0.6 is 0 Å². The van der Waals surface area contributed by atoms with Gasteiger partial charge in [-0.05, 0) is 26.2 Å². The number of nitrogens with one attached hydrogen (secondary N) is 1. The summed E-state index contributed by atoms with van der Waals surface area (Å²) in [5.41, 5.74) is 0.962. The van der Waals surface area contributed by atoms with E-state index in [0.717, 1.165) is 43.8 Å². The van der Waals surface area contributed by atoms with E-state index in [4.69, 9.17) is 9.47 Å². The molecule has 5 nitrogen and oxygen atoms in total. The molecule has 1 atom stereocenters. The summed E-state index contributed by atoms with van der Waals surface area (Å²) < 4.78 is 11.3. The smallest absolute Gasteiger partial charge is 0.221 e. The lowest BCUT2D eigenvalue weighted by Gasteiger charge is -2.14. The zero-order valence-electron chi connectivity index (χ0n) is 11.1. The van der Waals surface area contributed by atoms with Gasteiger partial charge in [-0.25, -0.2) is 9.97 Å². The van der Waals surface area contributed by atoms with Crippen molar-refractivity contribution in [3.8, 4) is 5.88 Å². The lowest BCUT2D eigenvalue weighted by Crippen LogP contribution is -2.17. The summed E-state index contributed by atoms with van der Waals surface area (Å²) >= 11 is 0. The van der Waals surface area contributed by atoms with Crippen molar-refractivity contribution in [1.29, 1.82) is 0 Å². The molecule has 100 valence electrons. The van der Waals surface area contributed by atoms with Crippen molar-refractivity contribution in [2.45, 2.75) is 39.2 Å². The average molecular weight is 251 g/mol. The van der Waals surface area contributed by atoms with Crippen LogP contribution in [0.3, 0.4) is 0 Å². The van der Waals surface area contributed by atoms with Crippen molar-refractivity contribution in [3.05, 3.63) is 11.9 Å². The highest BCUT2D eigenvalue weighted by atomic mass is 16.5. The Balaban J connectivity index is 1.94. The molecule has 0 aromatic carbocycles. The third-order valence-corrected chi connectivity index (χ3v) is 3.01. The zero-order valence-corrected chi connectivity index (χ0v) is 11.1. The predicted molar refractivity (Wildman–Crippen MR) is 70.0 cm³/mol. The third kappa shape index (κ3) is 3.32. The molecule has 1 aromatic heterocycles. The first-order chi connectivity index (χ1) is 8.81. The fraction of sp³-hybridized carbons (Fsp3) is 0.692. The van der Waals surface area contributed by atoms with Crippen LogP contribution in [0.1, 0.15) is 31.7 Å². The molecule has 5 heteroatoms. The van der Waals surface area contributed by atoms with Gasteiger partial charge in [-0.2, -0.15) is 0 Å². The highest BCUT2D eigenvalue weighted by Gasteiger charge is 2.17. The van der Waals surface area contributed by atoms with Gasteiger partial charge in [-0.3, -0.25) is 0 Å². The molecule has 1 aromatic rings. The predicted octanol–water partition coefficient (Wildman–Crippen LogP) is 2.16. The van der Waals surface area contributed by atoms with Gasteiger partial charge in [0.25, 0.3) is 0 Å². The summed E-state index contributed by atoms with van der Waals surface area (Å²) in [4.78, 5) is 8.40. The van der Waals surface area contributed by atoms with E-state index in [-0.39, 0.29) is 6.10 Å². The summed E-state index contributed by atoms with van der Waals surface area (Å²) in [7, 11) is 0. The van der Waals surface area contributed by atoms with Gasteiger partial charge in [0.2, 0.25) is 5.88 Å². The minimum Gasteiger partial charge on any atom is -0.475 e. The first-order valence-corrected chi connectivity index (χ1v) is 6.61. The number of anilines is 1. The van der Waals surface area contributed by atoms with Crippen LogP contribution in [0.4, 0.5) is 5.82 Å². The Morgan fingerprint density at radius 1 is 1.50 bits per heavy atom. The molecule has 2 heterocycles. The van der Waals surface area contributed by atoms with Crippen molar-refractivity contribution in [3.63, 3.8) is 0 Å². The Bertz CT molecular complexity index is 378. The molecule has 1 aliphatic rings. The van der Waals surface area contributed by atoms with E-state index < -0.39 is 0 Å². The Morgan fingerprint density at radius 3 is 3.11 bits per heavy atom. The van der Waals surface area contributed by atoms with Gasteiger partial charge in [0.15, 0.2) is 0 Å². The first kappa shape index (κ1) is 13.1. The van der Waals surface area contributed by atoms with E-state index >= 15 is 0 Å². The molecule has 0 radical (unpaired) electrons.